The van der Waals surface area contributed by atoms with Gasteiger partial charge < -0.3 is 15.8 Å². The molecule has 0 aromatic heterocycles. The number of hydrogen-bond donors (Lipinski definition) is 2. The second-order valence-electron chi connectivity index (χ2n) is 4.31. The van der Waals surface area contributed by atoms with Crippen molar-refractivity contribution in [1.82, 2.24) is 5.32 Å². The van der Waals surface area contributed by atoms with Gasteiger partial charge in [-0.25, -0.2) is 0 Å². The Balaban J connectivity index is 3.44. The molecule has 0 aromatic rings. The first-order valence-corrected chi connectivity index (χ1v) is 5.95. The molecule has 0 aromatic carbocycles. The van der Waals surface area contributed by atoms with Crippen LogP contribution in [0, 0.1) is 12.3 Å². The number of ether oxygens (including phenoxy) is 1. The standard InChI is InChI=1S/C12H23N2O3/c1-9(2)17-8-4-7-14-11(15)6-5-10(3)12(13)16/h6,9-10H,4-5,7-8H2,1-3H3,(H2,13,16)(H,14,15)/t10-/m0/s1. The summed E-state index contributed by atoms with van der Waals surface area (Å²) in [6.07, 6.45) is 2.83. The Morgan fingerprint density at radius 1 is 1.35 bits per heavy atom. The molecule has 0 fully saturated rings. The molecule has 99 valence electrons. The molecule has 0 unspecified atom stereocenters. The molecule has 0 saturated carbocycles. The van der Waals surface area contributed by atoms with Gasteiger partial charge in [-0.3, -0.25) is 9.59 Å². The SMILES string of the molecule is CC(C)OCCCNC(=O)[CH]C[C@H](C)C(N)=O. The van der Waals surface area contributed by atoms with Crippen LogP contribution in [0.25, 0.3) is 0 Å². The Labute approximate surface area is 103 Å². The number of nitrogens with two attached hydrogens (primary N) is 1. The van der Waals surface area contributed by atoms with E-state index in [2.05, 4.69) is 5.32 Å². The van der Waals surface area contributed by atoms with Crippen LogP contribution in [0.4, 0.5) is 0 Å². The molecule has 2 amide bonds. The Hall–Kier alpha value is -1.10. The van der Waals surface area contributed by atoms with Crippen molar-refractivity contribution < 1.29 is 14.3 Å². The summed E-state index contributed by atoms with van der Waals surface area (Å²) in [4.78, 5) is 22.0. The van der Waals surface area contributed by atoms with E-state index in [9.17, 15) is 9.59 Å². The van der Waals surface area contributed by atoms with Crippen molar-refractivity contribution in [3.05, 3.63) is 6.42 Å². The third-order valence-electron chi connectivity index (χ3n) is 2.21. The van der Waals surface area contributed by atoms with Crippen LogP contribution in [0.3, 0.4) is 0 Å². The van der Waals surface area contributed by atoms with Crippen LogP contribution >= 0.6 is 0 Å². The molecule has 0 bridgehead atoms. The van der Waals surface area contributed by atoms with Crippen molar-refractivity contribution in [3.63, 3.8) is 0 Å². The van der Waals surface area contributed by atoms with Gasteiger partial charge in [0.05, 0.1) is 12.5 Å². The number of amides is 2. The summed E-state index contributed by atoms with van der Waals surface area (Å²) in [5.41, 5.74) is 5.08. The van der Waals surface area contributed by atoms with E-state index >= 15 is 0 Å². The van der Waals surface area contributed by atoms with Crippen LogP contribution in [-0.4, -0.2) is 31.1 Å². The van der Waals surface area contributed by atoms with E-state index in [0.717, 1.165) is 6.42 Å². The lowest BCUT2D eigenvalue weighted by atomic mass is 10.1. The van der Waals surface area contributed by atoms with Crippen LogP contribution in [0.15, 0.2) is 0 Å². The minimum Gasteiger partial charge on any atom is -0.379 e. The highest BCUT2D eigenvalue weighted by atomic mass is 16.5. The van der Waals surface area contributed by atoms with Crippen LogP contribution in [-0.2, 0) is 14.3 Å². The molecule has 0 saturated heterocycles. The highest BCUT2D eigenvalue weighted by Gasteiger charge is 2.11. The molecular weight excluding hydrogens is 220 g/mol. The maximum absolute atomic E-state index is 11.3. The molecule has 1 radical (unpaired) electrons. The van der Waals surface area contributed by atoms with Gasteiger partial charge in [0.15, 0.2) is 0 Å². The Kier molecular flexibility index (Phi) is 8.40. The lowest BCUT2D eigenvalue weighted by molar-refractivity contribution is -0.121. The van der Waals surface area contributed by atoms with Crippen molar-refractivity contribution in [1.29, 1.82) is 0 Å². The third kappa shape index (κ3) is 9.81. The number of hydrogen-bond acceptors (Lipinski definition) is 3. The van der Waals surface area contributed by atoms with Gasteiger partial charge in [-0.05, 0) is 26.7 Å². The predicted molar refractivity (Wildman–Crippen MR) is 66.0 cm³/mol. The first-order chi connectivity index (χ1) is 7.93. The van der Waals surface area contributed by atoms with Gasteiger partial charge in [-0.2, -0.15) is 0 Å². The Morgan fingerprint density at radius 3 is 2.53 bits per heavy atom. The second-order valence-corrected chi connectivity index (χ2v) is 4.31. The highest BCUT2D eigenvalue weighted by Crippen LogP contribution is 2.02. The first-order valence-electron chi connectivity index (χ1n) is 5.95. The zero-order chi connectivity index (χ0) is 13.3. The quantitative estimate of drug-likeness (QED) is 0.583. The van der Waals surface area contributed by atoms with Gasteiger partial charge in [-0.15, -0.1) is 0 Å². The van der Waals surface area contributed by atoms with Gasteiger partial charge in [-0.1, -0.05) is 6.92 Å². The predicted octanol–water partition coefficient (Wildman–Crippen LogP) is 0.633. The second kappa shape index (κ2) is 8.98. The average molecular weight is 243 g/mol. The number of carbonyl (C=O) groups excluding carboxylic acids is 2. The monoisotopic (exact) mass is 243 g/mol. The lowest BCUT2D eigenvalue weighted by Gasteiger charge is -2.09. The molecule has 0 heterocycles. The first kappa shape index (κ1) is 15.9. The number of carbonyl (C=O) groups is 2. The molecule has 0 aliphatic heterocycles. The summed E-state index contributed by atoms with van der Waals surface area (Å²) in [6, 6.07) is 0. The van der Waals surface area contributed by atoms with E-state index in [1.165, 1.54) is 6.42 Å². The van der Waals surface area contributed by atoms with Crippen LogP contribution in [0.1, 0.15) is 33.6 Å². The number of primary amides is 1. The lowest BCUT2D eigenvalue weighted by Crippen LogP contribution is -2.28. The normalized spacial score (nSPS) is 12.5. The number of nitrogens with one attached hydrogen (secondary N) is 1. The van der Waals surface area contributed by atoms with E-state index < -0.39 is 0 Å². The van der Waals surface area contributed by atoms with E-state index in [1.807, 2.05) is 13.8 Å². The fourth-order valence-corrected chi connectivity index (χ4v) is 1.07. The summed E-state index contributed by atoms with van der Waals surface area (Å²) in [5.74, 6) is -0.855. The molecule has 1 atom stereocenters. The van der Waals surface area contributed by atoms with E-state index in [4.69, 9.17) is 10.5 Å². The summed E-state index contributed by atoms with van der Waals surface area (Å²) in [5, 5.41) is 2.72. The minimum atomic E-state index is -0.389. The van der Waals surface area contributed by atoms with Gasteiger partial charge >= 0.3 is 0 Å². The van der Waals surface area contributed by atoms with E-state index in [1.54, 1.807) is 6.92 Å². The highest BCUT2D eigenvalue weighted by molar-refractivity contribution is 5.85. The summed E-state index contributed by atoms with van der Waals surface area (Å²) < 4.78 is 5.33. The molecule has 0 rings (SSSR count). The fourth-order valence-electron chi connectivity index (χ4n) is 1.07. The van der Waals surface area contributed by atoms with Gasteiger partial charge in [0.1, 0.15) is 0 Å². The largest absolute Gasteiger partial charge is 0.379 e. The number of rotatable bonds is 9. The molecule has 0 spiro atoms. The third-order valence-corrected chi connectivity index (χ3v) is 2.21. The van der Waals surface area contributed by atoms with Crippen LogP contribution in [0.2, 0.25) is 0 Å². The maximum Gasteiger partial charge on any atom is 0.223 e. The zero-order valence-corrected chi connectivity index (χ0v) is 10.9. The van der Waals surface area contributed by atoms with Crippen LogP contribution < -0.4 is 11.1 Å². The Morgan fingerprint density at radius 2 is 2.00 bits per heavy atom. The summed E-state index contributed by atoms with van der Waals surface area (Å²) in [7, 11) is 0. The van der Waals surface area contributed by atoms with Crippen molar-refractivity contribution in [2.75, 3.05) is 13.2 Å². The van der Waals surface area contributed by atoms with Crippen LogP contribution in [0.5, 0.6) is 0 Å². The van der Waals surface area contributed by atoms with Crippen molar-refractivity contribution >= 4 is 11.8 Å². The van der Waals surface area contributed by atoms with Crippen molar-refractivity contribution in [3.8, 4) is 0 Å². The Bertz CT molecular complexity index is 242. The van der Waals surface area contributed by atoms with Gasteiger partial charge in [0.2, 0.25) is 11.8 Å². The molecule has 5 nitrogen and oxygen atoms in total. The molecule has 0 aliphatic rings. The van der Waals surface area contributed by atoms with E-state index in [0.29, 0.717) is 19.6 Å². The maximum atomic E-state index is 11.3. The van der Waals surface area contributed by atoms with Gasteiger partial charge in [0, 0.05) is 19.1 Å². The smallest absolute Gasteiger partial charge is 0.223 e. The molecule has 3 N–H and O–H groups in total. The fraction of sp³-hybridized carbons (Fsp3) is 0.750. The minimum absolute atomic E-state index is 0.164. The summed E-state index contributed by atoms with van der Waals surface area (Å²) >= 11 is 0. The topological polar surface area (TPSA) is 81.4 Å². The van der Waals surface area contributed by atoms with Gasteiger partial charge in [0.25, 0.3) is 0 Å². The summed E-state index contributed by atoms with van der Waals surface area (Å²) in [6.45, 7) is 6.85. The average Bonchev–Trinajstić information content (AvgIpc) is 2.24. The van der Waals surface area contributed by atoms with Crippen molar-refractivity contribution in [2.24, 2.45) is 11.7 Å². The molecule has 5 heteroatoms. The molecule has 0 aliphatic carbocycles. The molecular formula is C12H23N2O3. The molecule has 17 heavy (non-hydrogen) atoms. The van der Waals surface area contributed by atoms with E-state index in [-0.39, 0.29) is 23.8 Å². The van der Waals surface area contributed by atoms with Crippen molar-refractivity contribution in [2.45, 2.75) is 39.7 Å². The zero-order valence-electron chi connectivity index (χ0n) is 10.9.